The van der Waals surface area contributed by atoms with Gasteiger partial charge in [0, 0.05) is 23.4 Å². The van der Waals surface area contributed by atoms with Crippen LogP contribution in [0.15, 0.2) is 42.5 Å². The van der Waals surface area contributed by atoms with Gasteiger partial charge in [-0.25, -0.2) is 0 Å². The number of nitrogens with one attached hydrogen (secondary N) is 2. The summed E-state index contributed by atoms with van der Waals surface area (Å²) in [4.78, 5) is 22.6. The molecule has 2 aromatic carbocycles. The number of amides is 1. The molecule has 0 atom stereocenters. The van der Waals surface area contributed by atoms with E-state index in [1.54, 1.807) is 24.3 Å². The van der Waals surface area contributed by atoms with Gasteiger partial charge in [-0.3, -0.25) is 20.2 Å². The molecule has 2 N–H and O–H groups in total. The summed E-state index contributed by atoms with van der Waals surface area (Å²) in [5.74, 6) is 0.120. The number of nitrogens with zero attached hydrogens (tertiary/aromatic N) is 1. The second-order valence-electron chi connectivity index (χ2n) is 4.78. The maximum absolute atomic E-state index is 12.2. The highest BCUT2D eigenvalue weighted by molar-refractivity contribution is 7.80. The Kier molecular flexibility index (Phi) is 5.85. The highest BCUT2D eigenvalue weighted by Gasteiger charge is 2.18. The van der Waals surface area contributed by atoms with E-state index >= 15 is 0 Å². The topological polar surface area (TPSA) is 103 Å². The summed E-state index contributed by atoms with van der Waals surface area (Å²) in [6, 6.07) is 10.9. The molecule has 0 aliphatic rings. The number of anilines is 1. The molecule has 0 aromatic heterocycles. The number of carbonyl (C=O) groups excluding carboxylic acids is 1. The highest BCUT2D eigenvalue weighted by Crippen LogP contribution is 2.27. The second kappa shape index (κ2) is 8.06. The van der Waals surface area contributed by atoms with Crippen molar-refractivity contribution in [3.05, 3.63) is 58.1 Å². The smallest absolute Gasteiger partial charge is 0.311 e. The van der Waals surface area contributed by atoms with Gasteiger partial charge in [-0.05, 0) is 36.5 Å². The predicted octanol–water partition coefficient (Wildman–Crippen LogP) is 2.74. The van der Waals surface area contributed by atoms with E-state index in [4.69, 9.17) is 21.7 Å². The van der Waals surface area contributed by atoms with E-state index in [0.717, 1.165) is 6.07 Å². The average Bonchev–Trinajstić information content (AvgIpc) is 2.60. The van der Waals surface area contributed by atoms with Crippen molar-refractivity contribution in [1.29, 1.82) is 0 Å². The van der Waals surface area contributed by atoms with Crippen LogP contribution in [0.4, 0.5) is 11.4 Å². The van der Waals surface area contributed by atoms with Gasteiger partial charge in [-0.15, -0.1) is 0 Å². The molecule has 2 rings (SSSR count). The van der Waals surface area contributed by atoms with Crippen molar-refractivity contribution in [2.24, 2.45) is 0 Å². The molecular formula is C16H15N3O5S. The van der Waals surface area contributed by atoms with E-state index in [9.17, 15) is 14.9 Å². The lowest BCUT2D eigenvalue weighted by Gasteiger charge is -2.11. The van der Waals surface area contributed by atoms with Crippen LogP contribution < -0.4 is 20.1 Å². The molecule has 1 amide bonds. The molecule has 0 saturated heterocycles. The molecule has 0 aliphatic heterocycles. The van der Waals surface area contributed by atoms with Crippen LogP contribution in [0.5, 0.6) is 11.5 Å². The lowest BCUT2D eigenvalue weighted by molar-refractivity contribution is -0.385. The standard InChI is InChI=1S/C16H15N3O5S/c1-23-12-5-3-4-11(9-12)17-16(25)18-15(20)10-6-7-14(24-2)13(8-10)19(21)22/h3-9H,1-2H3,(H2,17,18,20,25). The van der Waals surface area contributed by atoms with Gasteiger partial charge in [-0.1, -0.05) is 6.07 Å². The first-order valence-electron chi connectivity index (χ1n) is 7.03. The number of benzene rings is 2. The Labute approximate surface area is 148 Å². The fraction of sp³-hybridized carbons (Fsp3) is 0.125. The summed E-state index contributed by atoms with van der Waals surface area (Å²) < 4.78 is 10.00. The summed E-state index contributed by atoms with van der Waals surface area (Å²) >= 11 is 5.08. The van der Waals surface area contributed by atoms with Gasteiger partial charge in [0.2, 0.25) is 0 Å². The maximum Gasteiger partial charge on any atom is 0.311 e. The Balaban J connectivity index is 2.09. The number of nitro benzene ring substituents is 1. The molecule has 0 heterocycles. The van der Waals surface area contributed by atoms with E-state index in [0.29, 0.717) is 11.4 Å². The van der Waals surface area contributed by atoms with Gasteiger partial charge >= 0.3 is 5.69 Å². The number of nitro groups is 1. The number of hydrogen-bond donors (Lipinski definition) is 2. The van der Waals surface area contributed by atoms with Crippen LogP contribution in [0.2, 0.25) is 0 Å². The molecule has 0 spiro atoms. The van der Waals surface area contributed by atoms with E-state index in [-0.39, 0.29) is 22.1 Å². The Morgan fingerprint density at radius 3 is 2.56 bits per heavy atom. The molecule has 0 fully saturated rings. The third-order valence-electron chi connectivity index (χ3n) is 3.19. The second-order valence-corrected chi connectivity index (χ2v) is 5.19. The molecule has 2 aromatic rings. The van der Waals surface area contributed by atoms with Crippen LogP contribution in [0.3, 0.4) is 0 Å². The number of rotatable bonds is 5. The van der Waals surface area contributed by atoms with E-state index in [1.807, 2.05) is 0 Å². The zero-order chi connectivity index (χ0) is 18.4. The van der Waals surface area contributed by atoms with Crippen LogP contribution in [-0.4, -0.2) is 30.2 Å². The first-order valence-corrected chi connectivity index (χ1v) is 7.44. The third kappa shape index (κ3) is 4.64. The minimum atomic E-state index is -0.623. The molecule has 0 saturated carbocycles. The molecule has 0 unspecified atom stereocenters. The quantitative estimate of drug-likeness (QED) is 0.479. The fourth-order valence-corrected chi connectivity index (χ4v) is 2.22. The molecular weight excluding hydrogens is 346 g/mol. The average molecular weight is 361 g/mol. The van der Waals surface area contributed by atoms with Crippen molar-refractivity contribution in [2.45, 2.75) is 0 Å². The Morgan fingerprint density at radius 1 is 1.16 bits per heavy atom. The Hall–Kier alpha value is -3.20. The van der Waals surface area contributed by atoms with Crippen LogP contribution in [0.25, 0.3) is 0 Å². The summed E-state index contributed by atoms with van der Waals surface area (Å²) in [5.41, 5.74) is 0.412. The molecule has 0 bridgehead atoms. The van der Waals surface area contributed by atoms with Gasteiger partial charge < -0.3 is 14.8 Å². The van der Waals surface area contributed by atoms with E-state index in [2.05, 4.69) is 10.6 Å². The molecule has 9 heteroatoms. The van der Waals surface area contributed by atoms with Crippen LogP contribution in [0.1, 0.15) is 10.4 Å². The van der Waals surface area contributed by atoms with Gasteiger partial charge in [0.1, 0.15) is 5.75 Å². The largest absolute Gasteiger partial charge is 0.497 e. The van der Waals surface area contributed by atoms with E-state index < -0.39 is 10.8 Å². The number of thiocarbonyl (C=S) groups is 1. The van der Waals surface area contributed by atoms with Crippen LogP contribution in [0, 0.1) is 10.1 Å². The maximum atomic E-state index is 12.2. The number of carbonyl (C=O) groups is 1. The lowest BCUT2D eigenvalue weighted by atomic mass is 10.2. The fourth-order valence-electron chi connectivity index (χ4n) is 2.01. The Bertz CT molecular complexity index is 825. The highest BCUT2D eigenvalue weighted by atomic mass is 32.1. The van der Waals surface area contributed by atoms with Gasteiger partial charge in [-0.2, -0.15) is 0 Å². The monoisotopic (exact) mass is 361 g/mol. The van der Waals surface area contributed by atoms with Crippen molar-refractivity contribution < 1.29 is 19.2 Å². The minimum absolute atomic E-state index is 0.0525. The zero-order valence-electron chi connectivity index (χ0n) is 13.4. The molecule has 130 valence electrons. The number of hydrogen-bond acceptors (Lipinski definition) is 6. The first kappa shape index (κ1) is 18.1. The molecule has 0 radical (unpaired) electrons. The van der Waals surface area contributed by atoms with Gasteiger partial charge in [0.25, 0.3) is 5.91 Å². The lowest BCUT2D eigenvalue weighted by Crippen LogP contribution is -2.34. The predicted molar refractivity (Wildman–Crippen MR) is 96.3 cm³/mol. The van der Waals surface area contributed by atoms with Crippen molar-refractivity contribution in [2.75, 3.05) is 19.5 Å². The zero-order valence-corrected chi connectivity index (χ0v) is 14.3. The summed E-state index contributed by atoms with van der Waals surface area (Å²) in [6.07, 6.45) is 0. The number of ether oxygens (including phenoxy) is 2. The van der Waals surface area contributed by atoms with Crippen molar-refractivity contribution >= 4 is 34.6 Å². The summed E-state index contributed by atoms with van der Waals surface area (Å²) in [5, 5.41) is 16.4. The van der Waals surface area contributed by atoms with Crippen LogP contribution in [-0.2, 0) is 0 Å². The number of methoxy groups -OCH3 is 2. The van der Waals surface area contributed by atoms with Crippen molar-refractivity contribution in [3.63, 3.8) is 0 Å². The molecule has 25 heavy (non-hydrogen) atoms. The van der Waals surface area contributed by atoms with E-state index in [1.165, 1.54) is 26.4 Å². The van der Waals surface area contributed by atoms with Crippen molar-refractivity contribution in [3.8, 4) is 11.5 Å². The third-order valence-corrected chi connectivity index (χ3v) is 3.40. The minimum Gasteiger partial charge on any atom is -0.497 e. The van der Waals surface area contributed by atoms with Crippen LogP contribution >= 0.6 is 12.2 Å². The van der Waals surface area contributed by atoms with Gasteiger partial charge in [0.05, 0.1) is 19.1 Å². The normalized spacial score (nSPS) is 9.84. The summed E-state index contributed by atoms with van der Waals surface area (Å²) in [7, 11) is 2.85. The molecule has 8 nitrogen and oxygen atoms in total. The van der Waals surface area contributed by atoms with Crippen molar-refractivity contribution in [1.82, 2.24) is 5.32 Å². The first-order chi connectivity index (χ1) is 11.9. The summed E-state index contributed by atoms with van der Waals surface area (Å²) in [6.45, 7) is 0. The SMILES string of the molecule is COc1cccc(NC(=S)NC(=O)c2ccc(OC)c([N+](=O)[O-])c2)c1. The Morgan fingerprint density at radius 2 is 1.92 bits per heavy atom. The van der Waals surface area contributed by atoms with Gasteiger partial charge in [0.15, 0.2) is 10.9 Å². The molecule has 0 aliphatic carbocycles.